The number of para-hydroxylation sites is 1. The van der Waals surface area contributed by atoms with Gasteiger partial charge in [0.2, 0.25) is 0 Å². The molecule has 3 rings (SSSR count). The number of fused-ring (bicyclic) bond motifs is 2. The summed E-state index contributed by atoms with van der Waals surface area (Å²) >= 11 is 0. The van der Waals surface area contributed by atoms with Crippen LogP contribution >= 0.6 is 0 Å². The Morgan fingerprint density at radius 1 is 1.47 bits per heavy atom. The van der Waals surface area contributed by atoms with Crippen molar-refractivity contribution in [3.8, 4) is 0 Å². The number of nitrogens with zero attached hydrogens (tertiary/aromatic N) is 1. The highest BCUT2D eigenvalue weighted by Gasteiger charge is 2.31. The standard InChI is InChI=1S/C11H11N3O/c1-6-3-2-4-7-5-8-10(13-9(6)7)14-11(15)12-8/h2-4,8H,5H2,1H3,(H2,12,13,14,15). The van der Waals surface area contributed by atoms with E-state index in [-0.39, 0.29) is 12.1 Å². The van der Waals surface area contributed by atoms with Gasteiger partial charge in [-0.15, -0.1) is 0 Å². The van der Waals surface area contributed by atoms with Crippen molar-refractivity contribution in [3.63, 3.8) is 0 Å². The Kier molecular flexibility index (Phi) is 1.59. The molecule has 1 aromatic carbocycles. The summed E-state index contributed by atoms with van der Waals surface area (Å²) in [6.45, 7) is 2.04. The molecule has 0 radical (unpaired) electrons. The molecule has 4 heteroatoms. The van der Waals surface area contributed by atoms with E-state index in [4.69, 9.17) is 0 Å². The first kappa shape index (κ1) is 8.47. The summed E-state index contributed by atoms with van der Waals surface area (Å²) < 4.78 is 0. The average Bonchev–Trinajstić information content (AvgIpc) is 2.55. The zero-order valence-corrected chi connectivity index (χ0v) is 8.37. The van der Waals surface area contributed by atoms with Gasteiger partial charge in [0.1, 0.15) is 5.84 Å². The molecule has 1 unspecified atom stereocenters. The number of rotatable bonds is 0. The van der Waals surface area contributed by atoms with Crippen molar-refractivity contribution in [1.29, 1.82) is 0 Å². The number of amidine groups is 1. The van der Waals surface area contributed by atoms with Crippen LogP contribution in [0.2, 0.25) is 0 Å². The molecule has 15 heavy (non-hydrogen) atoms. The molecule has 1 aromatic rings. The lowest BCUT2D eigenvalue weighted by Crippen LogP contribution is -2.33. The lowest BCUT2D eigenvalue weighted by Gasteiger charge is -2.18. The highest BCUT2D eigenvalue weighted by atomic mass is 16.2. The van der Waals surface area contributed by atoms with Gasteiger partial charge in [-0.2, -0.15) is 0 Å². The van der Waals surface area contributed by atoms with Crippen LogP contribution < -0.4 is 10.6 Å². The van der Waals surface area contributed by atoms with Crippen LogP contribution in [0.1, 0.15) is 11.1 Å². The van der Waals surface area contributed by atoms with Gasteiger partial charge in [-0.25, -0.2) is 9.79 Å². The molecule has 0 bridgehead atoms. The second-order valence-electron chi connectivity index (χ2n) is 3.93. The maximum absolute atomic E-state index is 11.1. The third-order valence-electron chi connectivity index (χ3n) is 2.85. The smallest absolute Gasteiger partial charge is 0.320 e. The van der Waals surface area contributed by atoms with Crippen LogP contribution in [-0.4, -0.2) is 17.9 Å². The second-order valence-corrected chi connectivity index (χ2v) is 3.93. The van der Waals surface area contributed by atoms with Crippen LogP contribution in [0.3, 0.4) is 0 Å². The molecule has 1 fully saturated rings. The summed E-state index contributed by atoms with van der Waals surface area (Å²) in [6, 6.07) is 6.01. The maximum atomic E-state index is 11.1. The molecule has 0 aliphatic carbocycles. The molecule has 1 atom stereocenters. The summed E-state index contributed by atoms with van der Waals surface area (Å²) in [5, 5.41) is 5.56. The average molecular weight is 201 g/mol. The molecule has 1 saturated heterocycles. The Morgan fingerprint density at radius 3 is 3.20 bits per heavy atom. The molecule has 2 aliphatic rings. The van der Waals surface area contributed by atoms with Crippen LogP contribution in [0.5, 0.6) is 0 Å². The van der Waals surface area contributed by atoms with Crippen molar-refractivity contribution in [2.75, 3.05) is 0 Å². The lowest BCUT2D eigenvalue weighted by molar-refractivity contribution is 0.248. The number of carbonyl (C=O) groups is 1. The van der Waals surface area contributed by atoms with Crippen LogP contribution in [0.25, 0.3) is 0 Å². The van der Waals surface area contributed by atoms with E-state index < -0.39 is 0 Å². The molecular weight excluding hydrogens is 190 g/mol. The van der Waals surface area contributed by atoms with Gasteiger partial charge in [0.15, 0.2) is 0 Å². The third kappa shape index (κ3) is 1.21. The van der Waals surface area contributed by atoms with E-state index in [0.29, 0.717) is 0 Å². The van der Waals surface area contributed by atoms with Gasteiger partial charge >= 0.3 is 6.03 Å². The lowest BCUT2D eigenvalue weighted by atomic mass is 9.98. The van der Waals surface area contributed by atoms with Crippen molar-refractivity contribution in [2.24, 2.45) is 4.99 Å². The Morgan fingerprint density at radius 2 is 2.33 bits per heavy atom. The first-order valence-electron chi connectivity index (χ1n) is 4.98. The van der Waals surface area contributed by atoms with Gasteiger partial charge in [0.05, 0.1) is 11.7 Å². The normalized spacial score (nSPS) is 22.3. The minimum Gasteiger partial charge on any atom is -0.328 e. The van der Waals surface area contributed by atoms with E-state index in [1.54, 1.807) is 0 Å². The predicted octanol–water partition coefficient (Wildman–Crippen LogP) is 1.26. The number of aryl methyl sites for hydroxylation is 1. The number of benzene rings is 1. The van der Waals surface area contributed by atoms with Gasteiger partial charge in [0.25, 0.3) is 0 Å². The largest absolute Gasteiger partial charge is 0.328 e. The van der Waals surface area contributed by atoms with E-state index in [2.05, 4.69) is 21.7 Å². The topological polar surface area (TPSA) is 53.5 Å². The molecule has 2 N–H and O–H groups in total. The van der Waals surface area contributed by atoms with Crippen molar-refractivity contribution >= 4 is 17.6 Å². The SMILES string of the molecule is Cc1cccc2c1N=C1NC(=O)NC1C2. The number of hydrogen-bond donors (Lipinski definition) is 2. The van der Waals surface area contributed by atoms with Gasteiger partial charge in [0, 0.05) is 6.42 Å². The van der Waals surface area contributed by atoms with E-state index in [1.807, 2.05) is 19.1 Å². The van der Waals surface area contributed by atoms with Gasteiger partial charge in [-0.1, -0.05) is 18.2 Å². The molecule has 2 heterocycles. The Labute approximate surface area is 87.4 Å². The number of hydrogen-bond acceptors (Lipinski definition) is 2. The van der Waals surface area contributed by atoms with E-state index in [9.17, 15) is 4.79 Å². The van der Waals surface area contributed by atoms with Crippen LogP contribution in [0, 0.1) is 6.92 Å². The molecular formula is C11H11N3O. The quantitative estimate of drug-likeness (QED) is 0.652. The summed E-state index contributed by atoms with van der Waals surface area (Å²) in [5.74, 6) is 0.752. The molecule has 0 saturated carbocycles. The first-order valence-corrected chi connectivity index (χ1v) is 4.98. The zero-order chi connectivity index (χ0) is 10.4. The van der Waals surface area contributed by atoms with Crippen LogP contribution in [0.15, 0.2) is 23.2 Å². The second kappa shape index (κ2) is 2.82. The van der Waals surface area contributed by atoms with Gasteiger partial charge < -0.3 is 5.32 Å². The zero-order valence-electron chi connectivity index (χ0n) is 8.37. The summed E-state index contributed by atoms with van der Waals surface area (Å²) in [6.07, 6.45) is 0.828. The fourth-order valence-electron chi connectivity index (χ4n) is 2.10. The first-order chi connectivity index (χ1) is 7.24. The number of nitrogens with one attached hydrogen (secondary N) is 2. The minimum atomic E-state index is -0.149. The third-order valence-corrected chi connectivity index (χ3v) is 2.85. The molecule has 0 aromatic heterocycles. The number of aliphatic imine (C=N–C) groups is 1. The Hall–Kier alpha value is -1.84. The molecule has 2 amide bonds. The van der Waals surface area contributed by atoms with Crippen LogP contribution in [0.4, 0.5) is 10.5 Å². The summed E-state index contributed by atoms with van der Waals surface area (Å²) in [5.41, 5.74) is 3.36. The van der Waals surface area contributed by atoms with Crippen molar-refractivity contribution in [1.82, 2.24) is 10.6 Å². The van der Waals surface area contributed by atoms with Crippen molar-refractivity contribution < 1.29 is 4.79 Å². The Bertz CT molecular complexity index is 479. The minimum absolute atomic E-state index is 0.0341. The predicted molar refractivity (Wildman–Crippen MR) is 57.4 cm³/mol. The number of carbonyl (C=O) groups excluding carboxylic acids is 1. The fourth-order valence-corrected chi connectivity index (χ4v) is 2.10. The highest BCUT2D eigenvalue weighted by molar-refractivity contribution is 6.09. The Balaban J connectivity index is 2.11. The van der Waals surface area contributed by atoms with Crippen molar-refractivity contribution in [3.05, 3.63) is 29.3 Å². The highest BCUT2D eigenvalue weighted by Crippen LogP contribution is 2.29. The number of amides is 2. The van der Waals surface area contributed by atoms with Crippen molar-refractivity contribution in [2.45, 2.75) is 19.4 Å². The van der Waals surface area contributed by atoms with E-state index in [0.717, 1.165) is 23.5 Å². The molecule has 4 nitrogen and oxygen atoms in total. The summed E-state index contributed by atoms with van der Waals surface area (Å²) in [7, 11) is 0. The van der Waals surface area contributed by atoms with Gasteiger partial charge in [-0.05, 0) is 18.1 Å². The molecule has 0 spiro atoms. The monoisotopic (exact) mass is 201 g/mol. The maximum Gasteiger partial charge on any atom is 0.320 e. The van der Waals surface area contributed by atoms with E-state index in [1.165, 1.54) is 5.56 Å². The number of urea groups is 1. The molecule has 76 valence electrons. The van der Waals surface area contributed by atoms with Crippen LogP contribution in [-0.2, 0) is 6.42 Å². The summed E-state index contributed by atoms with van der Waals surface area (Å²) in [4.78, 5) is 15.6. The van der Waals surface area contributed by atoms with E-state index >= 15 is 0 Å². The fraction of sp³-hybridized carbons (Fsp3) is 0.273. The molecule has 2 aliphatic heterocycles. The van der Waals surface area contributed by atoms with Gasteiger partial charge in [-0.3, -0.25) is 5.32 Å².